The summed E-state index contributed by atoms with van der Waals surface area (Å²) >= 11 is 0. The molecule has 25 heavy (non-hydrogen) atoms. The highest BCUT2D eigenvalue weighted by atomic mass is 16.5. The molecule has 0 saturated carbocycles. The minimum absolute atomic E-state index is 0.417. The van der Waals surface area contributed by atoms with Crippen molar-refractivity contribution in [2.24, 2.45) is 5.92 Å². The van der Waals surface area contributed by atoms with Gasteiger partial charge in [-0.25, -0.2) is 0 Å². The molecule has 0 atom stereocenters. The number of ether oxygens (including phenoxy) is 2. The third kappa shape index (κ3) is 6.69. The van der Waals surface area contributed by atoms with E-state index >= 15 is 0 Å². The molecule has 0 aliphatic carbocycles. The molecule has 2 heteroatoms. The van der Waals surface area contributed by atoms with Crippen molar-refractivity contribution in [3.63, 3.8) is 0 Å². The first-order chi connectivity index (χ1) is 12.2. The number of benzene rings is 2. The molecule has 2 nitrogen and oxygen atoms in total. The Morgan fingerprint density at radius 1 is 0.760 bits per heavy atom. The fraction of sp³-hybridized carbons (Fsp3) is 0.304. The Balaban J connectivity index is 1.68. The lowest BCUT2D eigenvalue weighted by Crippen LogP contribution is -2.15. The lowest BCUT2D eigenvalue weighted by atomic mass is 10.1. The summed E-state index contributed by atoms with van der Waals surface area (Å²) in [7, 11) is 0. The Labute approximate surface area is 151 Å². The van der Waals surface area contributed by atoms with Crippen LogP contribution in [0.15, 0.2) is 61.7 Å². The standard InChI is InChI=1S/C23H28O2/c1-4-19-7-11-22(12-8-19)17-24-15-21(6-3)16-25-18-23-13-9-20(5-2)10-14-23/h4-5,7-14,21H,1-2,6,15-18H2,3H3. The maximum atomic E-state index is 5.86. The van der Waals surface area contributed by atoms with Gasteiger partial charge in [-0.3, -0.25) is 0 Å². The quantitative estimate of drug-likeness (QED) is 0.521. The molecule has 0 bridgehead atoms. The molecule has 0 aliphatic heterocycles. The van der Waals surface area contributed by atoms with Crippen molar-refractivity contribution in [1.29, 1.82) is 0 Å². The molecule has 0 aromatic heterocycles. The second kappa shape index (κ2) is 10.7. The van der Waals surface area contributed by atoms with E-state index in [4.69, 9.17) is 9.47 Å². The predicted molar refractivity (Wildman–Crippen MR) is 106 cm³/mol. The molecule has 0 radical (unpaired) electrons. The van der Waals surface area contributed by atoms with Gasteiger partial charge < -0.3 is 9.47 Å². The van der Waals surface area contributed by atoms with Crippen LogP contribution in [0.4, 0.5) is 0 Å². The van der Waals surface area contributed by atoms with Gasteiger partial charge in [0.15, 0.2) is 0 Å². The van der Waals surface area contributed by atoms with Gasteiger partial charge in [0.25, 0.3) is 0 Å². The summed E-state index contributed by atoms with van der Waals surface area (Å²) in [5.41, 5.74) is 4.63. The first kappa shape index (κ1) is 19.2. The third-order valence-electron chi connectivity index (χ3n) is 4.25. The van der Waals surface area contributed by atoms with Crippen molar-refractivity contribution in [3.05, 3.63) is 83.9 Å². The molecular weight excluding hydrogens is 308 g/mol. The van der Waals surface area contributed by atoms with Gasteiger partial charge in [0.1, 0.15) is 0 Å². The molecule has 2 rings (SSSR count). The van der Waals surface area contributed by atoms with Gasteiger partial charge in [-0.1, -0.05) is 80.8 Å². The van der Waals surface area contributed by atoms with Crippen LogP contribution in [0.3, 0.4) is 0 Å². The molecule has 132 valence electrons. The Morgan fingerprint density at radius 3 is 1.48 bits per heavy atom. The van der Waals surface area contributed by atoms with E-state index in [1.165, 1.54) is 11.1 Å². The van der Waals surface area contributed by atoms with E-state index in [9.17, 15) is 0 Å². The van der Waals surface area contributed by atoms with Gasteiger partial charge >= 0.3 is 0 Å². The number of hydrogen-bond donors (Lipinski definition) is 0. The molecule has 0 amide bonds. The van der Waals surface area contributed by atoms with Crippen LogP contribution >= 0.6 is 0 Å². The van der Waals surface area contributed by atoms with Gasteiger partial charge in [0.2, 0.25) is 0 Å². The van der Waals surface area contributed by atoms with Crippen molar-refractivity contribution in [2.45, 2.75) is 26.6 Å². The SMILES string of the molecule is C=Cc1ccc(COCC(CC)COCc2ccc(C=C)cc2)cc1. The average Bonchev–Trinajstić information content (AvgIpc) is 2.67. The Kier molecular flexibility index (Phi) is 8.17. The largest absolute Gasteiger partial charge is 0.376 e. The summed E-state index contributed by atoms with van der Waals surface area (Å²) in [6.45, 7) is 12.4. The van der Waals surface area contributed by atoms with Crippen molar-refractivity contribution < 1.29 is 9.47 Å². The van der Waals surface area contributed by atoms with E-state index in [1.54, 1.807) is 0 Å². The maximum absolute atomic E-state index is 5.86. The normalized spacial score (nSPS) is 10.8. The van der Waals surface area contributed by atoms with Gasteiger partial charge in [0, 0.05) is 5.92 Å². The fourth-order valence-electron chi connectivity index (χ4n) is 2.47. The van der Waals surface area contributed by atoms with Gasteiger partial charge in [-0.15, -0.1) is 0 Å². The molecular formula is C23H28O2. The highest BCUT2D eigenvalue weighted by Gasteiger charge is 2.07. The topological polar surface area (TPSA) is 18.5 Å². The van der Waals surface area contributed by atoms with Gasteiger partial charge in [0.05, 0.1) is 26.4 Å². The molecule has 0 fully saturated rings. The van der Waals surface area contributed by atoms with E-state index in [2.05, 4.69) is 68.6 Å². The smallest absolute Gasteiger partial charge is 0.0717 e. The van der Waals surface area contributed by atoms with Crippen LogP contribution in [-0.2, 0) is 22.7 Å². The van der Waals surface area contributed by atoms with Crippen LogP contribution in [0.2, 0.25) is 0 Å². The fourth-order valence-corrected chi connectivity index (χ4v) is 2.47. The van der Waals surface area contributed by atoms with E-state index in [-0.39, 0.29) is 0 Å². The lowest BCUT2D eigenvalue weighted by molar-refractivity contribution is 0.0257. The zero-order valence-electron chi connectivity index (χ0n) is 15.1. The first-order valence-electron chi connectivity index (χ1n) is 8.83. The molecule has 0 spiro atoms. The summed E-state index contributed by atoms with van der Waals surface area (Å²) in [5, 5.41) is 0. The van der Waals surface area contributed by atoms with E-state index in [1.807, 2.05) is 12.2 Å². The summed E-state index contributed by atoms with van der Waals surface area (Å²) in [6, 6.07) is 16.6. The third-order valence-corrected chi connectivity index (χ3v) is 4.25. The Bertz CT molecular complexity index is 583. The van der Waals surface area contributed by atoms with E-state index in [0.29, 0.717) is 19.1 Å². The second-order valence-corrected chi connectivity index (χ2v) is 6.20. The van der Waals surface area contributed by atoms with Crippen LogP contribution < -0.4 is 0 Å². The van der Waals surface area contributed by atoms with Crippen LogP contribution in [-0.4, -0.2) is 13.2 Å². The highest BCUT2D eigenvalue weighted by Crippen LogP contribution is 2.11. The zero-order chi connectivity index (χ0) is 17.9. The van der Waals surface area contributed by atoms with Crippen LogP contribution in [0.5, 0.6) is 0 Å². The van der Waals surface area contributed by atoms with Gasteiger partial charge in [-0.2, -0.15) is 0 Å². The molecule has 0 N–H and O–H groups in total. The average molecular weight is 336 g/mol. The molecule has 2 aromatic rings. The molecule has 0 aliphatic rings. The summed E-state index contributed by atoms with van der Waals surface area (Å²) in [5.74, 6) is 0.417. The Morgan fingerprint density at radius 2 is 1.16 bits per heavy atom. The first-order valence-corrected chi connectivity index (χ1v) is 8.83. The highest BCUT2D eigenvalue weighted by molar-refractivity contribution is 5.47. The monoisotopic (exact) mass is 336 g/mol. The van der Waals surface area contributed by atoms with Crippen LogP contribution in [0.1, 0.15) is 35.6 Å². The predicted octanol–water partition coefficient (Wildman–Crippen LogP) is 5.73. The minimum Gasteiger partial charge on any atom is -0.376 e. The van der Waals surface area contributed by atoms with Crippen LogP contribution in [0, 0.1) is 5.92 Å². The Hall–Kier alpha value is -2.16. The van der Waals surface area contributed by atoms with Crippen molar-refractivity contribution >= 4 is 12.2 Å². The van der Waals surface area contributed by atoms with Crippen molar-refractivity contribution in [1.82, 2.24) is 0 Å². The van der Waals surface area contributed by atoms with Crippen molar-refractivity contribution in [2.75, 3.05) is 13.2 Å². The maximum Gasteiger partial charge on any atom is 0.0717 e. The lowest BCUT2D eigenvalue weighted by Gasteiger charge is -2.16. The van der Waals surface area contributed by atoms with E-state index in [0.717, 1.165) is 30.8 Å². The molecule has 0 saturated heterocycles. The summed E-state index contributed by atoms with van der Waals surface area (Å²) in [4.78, 5) is 0. The van der Waals surface area contributed by atoms with Gasteiger partial charge in [-0.05, 0) is 28.7 Å². The summed E-state index contributed by atoms with van der Waals surface area (Å²) < 4.78 is 11.7. The van der Waals surface area contributed by atoms with E-state index < -0.39 is 0 Å². The molecule has 0 unspecified atom stereocenters. The number of rotatable bonds is 11. The minimum atomic E-state index is 0.417. The van der Waals surface area contributed by atoms with Crippen molar-refractivity contribution in [3.8, 4) is 0 Å². The van der Waals surface area contributed by atoms with Crippen LogP contribution in [0.25, 0.3) is 12.2 Å². The number of hydrogen-bond acceptors (Lipinski definition) is 2. The summed E-state index contributed by atoms with van der Waals surface area (Å²) in [6.07, 6.45) is 4.74. The molecule has 2 aromatic carbocycles. The molecule has 0 heterocycles. The second-order valence-electron chi connectivity index (χ2n) is 6.20. The zero-order valence-corrected chi connectivity index (χ0v) is 15.1.